The fourth-order valence-corrected chi connectivity index (χ4v) is 3.67. The van der Waals surface area contributed by atoms with E-state index in [2.05, 4.69) is 23.7 Å². The first-order chi connectivity index (χ1) is 9.15. The second kappa shape index (κ2) is 6.37. The van der Waals surface area contributed by atoms with Gasteiger partial charge in [-0.15, -0.1) is 11.3 Å². The minimum atomic E-state index is -0.194. The van der Waals surface area contributed by atoms with Crippen LogP contribution in [0.5, 0.6) is 0 Å². The summed E-state index contributed by atoms with van der Waals surface area (Å²) in [6.07, 6.45) is 3.90. The lowest BCUT2D eigenvalue weighted by Gasteiger charge is -2.27. The van der Waals surface area contributed by atoms with Crippen LogP contribution in [-0.4, -0.2) is 29.6 Å². The van der Waals surface area contributed by atoms with Gasteiger partial charge in [-0.25, -0.2) is 4.98 Å². The van der Waals surface area contributed by atoms with Crippen molar-refractivity contribution < 1.29 is 9.53 Å². The quantitative estimate of drug-likeness (QED) is 0.779. The summed E-state index contributed by atoms with van der Waals surface area (Å²) in [4.78, 5) is 18.5. The smallest absolute Gasteiger partial charge is 0.311 e. The highest BCUT2D eigenvalue weighted by Gasteiger charge is 2.31. The Kier molecular flexibility index (Phi) is 4.80. The van der Waals surface area contributed by atoms with Crippen LogP contribution >= 0.6 is 11.3 Å². The number of carbonyl (C=O) groups is 1. The first-order valence-electron chi connectivity index (χ1n) is 7.04. The summed E-state index contributed by atoms with van der Waals surface area (Å²) in [5.74, 6) is -0.194. The Hall–Kier alpha value is -1.10. The molecule has 19 heavy (non-hydrogen) atoms. The maximum atomic E-state index is 11.5. The molecule has 2 rings (SSSR count). The normalized spacial score (nSPS) is 22.8. The summed E-state index contributed by atoms with van der Waals surface area (Å²) in [6, 6.07) is 1.14. The van der Waals surface area contributed by atoms with Crippen molar-refractivity contribution in [3.63, 3.8) is 0 Å². The van der Waals surface area contributed by atoms with Crippen LogP contribution in [-0.2, 0) is 16.0 Å². The molecular weight excluding hydrogens is 260 g/mol. The van der Waals surface area contributed by atoms with E-state index in [0.717, 1.165) is 17.2 Å². The Labute approximate surface area is 118 Å². The minimum Gasteiger partial charge on any atom is -0.466 e. The number of ether oxygens (including phenoxy) is 1. The molecule has 4 nitrogen and oxygen atoms in total. The fraction of sp³-hybridized carbons (Fsp3) is 0.714. The zero-order valence-electron chi connectivity index (χ0n) is 11.9. The van der Waals surface area contributed by atoms with Crippen LogP contribution < -0.4 is 4.90 Å². The van der Waals surface area contributed by atoms with Crippen LogP contribution in [0.2, 0.25) is 0 Å². The van der Waals surface area contributed by atoms with Gasteiger partial charge in [0.05, 0.1) is 18.7 Å². The Morgan fingerprint density at radius 3 is 3.00 bits per heavy atom. The third-order valence-corrected chi connectivity index (χ3v) is 4.55. The summed E-state index contributed by atoms with van der Waals surface area (Å²) < 4.78 is 4.96. The third-order valence-electron chi connectivity index (χ3n) is 3.65. The molecule has 0 aliphatic carbocycles. The van der Waals surface area contributed by atoms with Gasteiger partial charge in [-0.05, 0) is 33.1 Å². The van der Waals surface area contributed by atoms with E-state index in [4.69, 9.17) is 4.74 Å². The van der Waals surface area contributed by atoms with E-state index in [0.29, 0.717) is 18.7 Å². The number of esters is 1. The Morgan fingerprint density at radius 2 is 2.32 bits per heavy atom. The van der Waals surface area contributed by atoms with Gasteiger partial charge in [0.2, 0.25) is 0 Å². The topological polar surface area (TPSA) is 42.4 Å². The first kappa shape index (κ1) is 14.3. The number of hydrogen-bond donors (Lipinski definition) is 0. The van der Waals surface area contributed by atoms with E-state index >= 15 is 0 Å². The molecular formula is C14H22N2O2S. The van der Waals surface area contributed by atoms with E-state index < -0.39 is 0 Å². The Balaban J connectivity index is 2.05. The largest absolute Gasteiger partial charge is 0.466 e. The second-order valence-electron chi connectivity index (χ2n) is 5.00. The number of carbonyl (C=O) groups excluding carboxylic acids is 1. The lowest BCUT2D eigenvalue weighted by atomic mass is 10.2. The molecule has 5 heteroatoms. The van der Waals surface area contributed by atoms with Crippen molar-refractivity contribution in [1.29, 1.82) is 0 Å². The molecule has 0 bridgehead atoms. The zero-order valence-corrected chi connectivity index (χ0v) is 12.7. The minimum absolute atomic E-state index is 0.194. The van der Waals surface area contributed by atoms with Crippen molar-refractivity contribution in [2.24, 2.45) is 0 Å². The molecule has 0 aromatic carbocycles. The van der Waals surface area contributed by atoms with Gasteiger partial charge in [0.25, 0.3) is 0 Å². The van der Waals surface area contributed by atoms with Gasteiger partial charge in [0, 0.05) is 17.5 Å². The van der Waals surface area contributed by atoms with E-state index in [1.165, 1.54) is 12.8 Å². The van der Waals surface area contributed by atoms with Crippen LogP contribution in [0.25, 0.3) is 0 Å². The number of aromatic nitrogens is 1. The standard InChI is InChI=1S/C14H22N2O2S/c1-4-12-7-6-10(3)16(12)14-15-11(9-19-14)8-13(17)18-5-2/h9-10,12H,4-8H2,1-3H3. The highest BCUT2D eigenvalue weighted by molar-refractivity contribution is 7.13. The average molecular weight is 282 g/mol. The van der Waals surface area contributed by atoms with Crippen LogP contribution in [0.1, 0.15) is 45.7 Å². The SMILES string of the molecule is CCOC(=O)Cc1csc(N2C(C)CCC2CC)n1. The molecule has 0 N–H and O–H groups in total. The molecule has 2 atom stereocenters. The highest BCUT2D eigenvalue weighted by Crippen LogP contribution is 2.33. The number of rotatable bonds is 5. The molecule has 1 saturated heterocycles. The van der Waals surface area contributed by atoms with Crippen LogP contribution in [0.4, 0.5) is 5.13 Å². The molecule has 2 unspecified atom stereocenters. The molecule has 0 amide bonds. The average Bonchev–Trinajstić information content (AvgIpc) is 2.95. The zero-order chi connectivity index (χ0) is 13.8. The van der Waals surface area contributed by atoms with Gasteiger partial charge in [-0.2, -0.15) is 0 Å². The predicted octanol–water partition coefficient (Wildman–Crippen LogP) is 3.02. The maximum absolute atomic E-state index is 11.5. The van der Waals surface area contributed by atoms with E-state index in [1.807, 2.05) is 12.3 Å². The van der Waals surface area contributed by atoms with Crippen LogP contribution in [0.15, 0.2) is 5.38 Å². The molecule has 0 saturated carbocycles. The fourth-order valence-electron chi connectivity index (χ4n) is 2.67. The van der Waals surface area contributed by atoms with Crippen molar-refractivity contribution in [2.75, 3.05) is 11.5 Å². The Bertz CT molecular complexity index is 433. The summed E-state index contributed by atoms with van der Waals surface area (Å²) in [5.41, 5.74) is 0.826. The molecule has 1 aromatic rings. The molecule has 0 radical (unpaired) electrons. The van der Waals surface area contributed by atoms with E-state index in [9.17, 15) is 4.79 Å². The monoisotopic (exact) mass is 282 g/mol. The number of thiazole rings is 1. The van der Waals surface area contributed by atoms with Crippen molar-refractivity contribution >= 4 is 22.4 Å². The maximum Gasteiger partial charge on any atom is 0.311 e. The lowest BCUT2D eigenvalue weighted by molar-refractivity contribution is -0.142. The Morgan fingerprint density at radius 1 is 1.53 bits per heavy atom. The molecule has 1 aliphatic heterocycles. The lowest BCUT2D eigenvalue weighted by Crippen LogP contribution is -2.33. The van der Waals surface area contributed by atoms with Crippen molar-refractivity contribution in [3.8, 4) is 0 Å². The molecule has 1 fully saturated rings. The number of anilines is 1. The molecule has 0 spiro atoms. The van der Waals surface area contributed by atoms with Gasteiger partial charge in [0.1, 0.15) is 0 Å². The van der Waals surface area contributed by atoms with E-state index in [-0.39, 0.29) is 12.4 Å². The van der Waals surface area contributed by atoms with Gasteiger partial charge in [-0.3, -0.25) is 4.79 Å². The number of nitrogens with zero attached hydrogens (tertiary/aromatic N) is 2. The highest BCUT2D eigenvalue weighted by atomic mass is 32.1. The summed E-state index contributed by atoms with van der Waals surface area (Å²) >= 11 is 1.64. The van der Waals surface area contributed by atoms with Crippen LogP contribution in [0.3, 0.4) is 0 Å². The number of hydrogen-bond acceptors (Lipinski definition) is 5. The molecule has 1 aliphatic rings. The van der Waals surface area contributed by atoms with E-state index in [1.54, 1.807) is 11.3 Å². The first-order valence-corrected chi connectivity index (χ1v) is 7.92. The third kappa shape index (κ3) is 3.26. The summed E-state index contributed by atoms with van der Waals surface area (Å²) in [6.45, 7) is 6.73. The summed E-state index contributed by atoms with van der Waals surface area (Å²) in [5, 5.41) is 3.03. The molecule has 106 valence electrons. The van der Waals surface area contributed by atoms with Crippen molar-refractivity contribution in [1.82, 2.24) is 4.98 Å². The molecule has 2 heterocycles. The van der Waals surface area contributed by atoms with Gasteiger partial charge >= 0.3 is 5.97 Å². The van der Waals surface area contributed by atoms with Crippen molar-refractivity contribution in [3.05, 3.63) is 11.1 Å². The van der Waals surface area contributed by atoms with Crippen LogP contribution in [0, 0.1) is 0 Å². The summed E-state index contributed by atoms with van der Waals surface area (Å²) in [7, 11) is 0. The van der Waals surface area contributed by atoms with Crippen molar-refractivity contribution in [2.45, 2.75) is 58.5 Å². The second-order valence-corrected chi connectivity index (χ2v) is 5.84. The molecule has 1 aromatic heterocycles. The van der Waals surface area contributed by atoms with Gasteiger partial charge in [-0.1, -0.05) is 6.92 Å². The van der Waals surface area contributed by atoms with Gasteiger partial charge < -0.3 is 9.64 Å². The predicted molar refractivity (Wildman–Crippen MR) is 77.7 cm³/mol. The van der Waals surface area contributed by atoms with Gasteiger partial charge in [0.15, 0.2) is 5.13 Å².